The number of H-pyrrole nitrogens is 1. The standard InChI is InChI=1S/C44H62N10O13S2/c1-21(2)14-28-38(62)49-29(15-24-17-45-26-9-7-6-8-25(24)26)39(63)48-27(10-11-35(59)60)37(61)52-32(20-69-13-12-33(57)47-28)42(66)51-31(19-68)41(65)50-30-16-44(5,23(4)56)54-34(58)18-46-43(67)36(22(3)55)53-40(30)64/h6-9,17,21-22,27-32,36,45,55,68H,10-16,18-20H2,1-5H3,(H,46,67)(H,47,57)(H,48,63)(H,49,62)(H,50,65)(H,51,66)(H,52,61)(H,53,64)(H,54,58)(H,59,60)/t22-,27+,28+,29+,30+,31-,32+,36+,44+/m1/s1. The van der Waals surface area contributed by atoms with Gasteiger partial charge in [0.15, 0.2) is 5.78 Å². The van der Waals surface area contributed by atoms with Crippen LogP contribution in [0.1, 0.15) is 72.3 Å². The number of carboxylic acid groups (broad SMARTS) is 1. The summed E-state index contributed by atoms with van der Waals surface area (Å²) in [6, 6.07) is -3.07. The number of amides is 9. The third kappa shape index (κ3) is 16.2. The number of carbonyl (C=O) groups is 11. The molecule has 0 aliphatic carbocycles. The topological polar surface area (TPSA) is 352 Å². The van der Waals surface area contributed by atoms with Crippen LogP contribution in [0.4, 0.5) is 0 Å². The number of thioether (sulfide) groups is 1. The van der Waals surface area contributed by atoms with Crippen LogP contribution >= 0.6 is 24.4 Å². The molecule has 9 amide bonds. The number of benzene rings is 1. The number of thiol groups is 1. The molecule has 378 valence electrons. The Hall–Kier alpha value is -6.21. The molecule has 0 saturated carbocycles. The van der Waals surface area contributed by atoms with E-state index in [1.807, 2.05) is 32.0 Å². The van der Waals surface area contributed by atoms with E-state index >= 15 is 0 Å². The minimum absolute atomic E-state index is 0.0740. The third-order valence-corrected chi connectivity index (χ3v) is 12.9. The van der Waals surface area contributed by atoms with Gasteiger partial charge < -0.3 is 63.0 Å². The number of carboxylic acids is 1. The Morgan fingerprint density at radius 1 is 0.870 bits per heavy atom. The maximum absolute atomic E-state index is 14.2. The summed E-state index contributed by atoms with van der Waals surface area (Å²) in [5, 5.41) is 43.2. The SMILES string of the molecule is CC(=O)[C@]1(C)C[C@H](NC(=O)[C@@H](CS)NC(=O)[C@@H]2CSCCC(=O)N[C@@H](CC(C)C)C(=O)N[C@@H](Cc3c[nH]c4ccccc34)C(=O)N[C@@H](CCC(=O)O)C(=O)N2)C(=O)N[C@@H]([C@@H](C)O)C(=O)NCC(=O)N1. The minimum Gasteiger partial charge on any atom is -0.481 e. The number of hydrogen-bond donors (Lipinski definition) is 13. The van der Waals surface area contributed by atoms with Crippen molar-refractivity contribution in [3.63, 3.8) is 0 Å². The van der Waals surface area contributed by atoms with Gasteiger partial charge in [-0.25, -0.2) is 0 Å². The molecule has 1 aromatic carbocycles. The van der Waals surface area contributed by atoms with E-state index in [1.54, 1.807) is 12.3 Å². The van der Waals surface area contributed by atoms with Crippen molar-refractivity contribution in [1.29, 1.82) is 0 Å². The van der Waals surface area contributed by atoms with Gasteiger partial charge in [-0.1, -0.05) is 32.0 Å². The molecule has 0 bridgehead atoms. The Labute approximate surface area is 407 Å². The van der Waals surface area contributed by atoms with E-state index in [4.69, 9.17) is 0 Å². The van der Waals surface area contributed by atoms with Crippen LogP contribution in [0.5, 0.6) is 0 Å². The van der Waals surface area contributed by atoms with Crippen LogP contribution in [0.2, 0.25) is 0 Å². The number of Topliss-reactive ketones (excluding diaryl/α,β-unsaturated/α-hetero) is 1. The molecule has 2 aromatic rings. The highest BCUT2D eigenvalue weighted by Gasteiger charge is 2.41. The molecule has 23 nitrogen and oxygen atoms in total. The normalized spacial score (nSPS) is 25.8. The van der Waals surface area contributed by atoms with Gasteiger partial charge in [-0.3, -0.25) is 52.7 Å². The van der Waals surface area contributed by atoms with Crippen molar-refractivity contribution in [2.45, 2.75) is 127 Å². The van der Waals surface area contributed by atoms with Gasteiger partial charge in [-0.05, 0) is 51.2 Å². The molecule has 25 heteroatoms. The quantitative estimate of drug-likeness (QED) is 0.0868. The number of aromatic nitrogens is 1. The smallest absolute Gasteiger partial charge is 0.303 e. The lowest BCUT2D eigenvalue weighted by atomic mass is 9.88. The van der Waals surface area contributed by atoms with Crippen LogP contribution in [0, 0.1) is 5.92 Å². The maximum Gasteiger partial charge on any atom is 0.303 e. The van der Waals surface area contributed by atoms with Gasteiger partial charge >= 0.3 is 5.97 Å². The van der Waals surface area contributed by atoms with Crippen LogP contribution in [0.3, 0.4) is 0 Å². The Morgan fingerprint density at radius 3 is 2.19 bits per heavy atom. The fourth-order valence-electron chi connectivity index (χ4n) is 7.53. The van der Waals surface area contributed by atoms with Crippen molar-refractivity contribution in [2.24, 2.45) is 5.92 Å². The van der Waals surface area contributed by atoms with Crippen LogP contribution in [0.25, 0.3) is 10.9 Å². The second kappa shape index (κ2) is 25.4. The molecule has 3 heterocycles. The predicted octanol–water partition coefficient (Wildman–Crippen LogP) is -2.55. The number of aromatic amines is 1. The summed E-state index contributed by atoms with van der Waals surface area (Å²) in [6.45, 7) is 6.74. The molecule has 2 fully saturated rings. The van der Waals surface area contributed by atoms with Gasteiger partial charge in [-0.15, -0.1) is 0 Å². The summed E-state index contributed by atoms with van der Waals surface area (Å²) in [5.74, 6) is -10.4. The molecule has 1 aromatic heterocycles. The fraction of sp³-hybridized carbons (Fsp3) is 0.568. The molecule has 0 radical (unpaired) electrons. The van der Waals surface area contributed by atoms with E-state index < -0.39 is 150 Å². The van der Waals surface area contributed by atoms with Crippen LogP contribution in [-0.4, -0.2) is 158 Å². The van der Waals surface area contributed by atoms with Crippen LogP contribution in [0.15, 0.2) is 30.5 Å². The molecule has 12 N–H and O–H groups in total. The number of rotatable bonds is 14. The summed E-state index contributed by atoms with van der Waals surface area (Å²) in [5.41, 5.74) is -0.400. The molecule has 2 aliphatic heterocycles. The van der Waals surface area contributed by atoms with Gasteiger partial charge in [0.1, 0.15) is 42.3 Å². The highest BCUT2D eigenvalue weighted by Crippen LogP contribution is 2.21. The van der Waals surface area contributed by atoms with E-state index in [2.05, 4.69) is 65.5 Å². The van der Waals surface area contributed by atoms with Gasteiger partial charge in [0.05, 0.1) is 18.2 Å². The Morgan fingerprint density at radius 2 is 1.54 bits per heavy atom. The summed E-state index contributed by atoms with van der Waals surface area (Å²) in [6.07, 6.45) is -1.43. The van der Waals surface area contributed by atoms with Gasteiger partial charge in [-0.2, -0.15) is 24.4 Å². The predicted molar refractivity (Wildman–Crippen MR) is 254 cm³/mol. The maximum atomic E-state index is 14.2. The molecule has 9 atom stereocenters. The highest BCUT2D eigenvalue weighted by molar-refractivity contribution is 7.99. The van der Waals surface area contributed by atoms with Crippen molar-refractivity contribution in [3.05, 3.63) is 36.0 Å². The highest BCUT2D eigenvalue weighted by atomic mass is 32.2. The Balaban J connectivity index is 1.65. The zero-order chi connectivity index (χ0) is 51.2. The van der Waals surface area contributed by atoms with Crippen molar-refractivity contribution in [1.82, 2.24) is 52.8 Å². The summed E-state index contributed by atoms with van der Waals surface area (Å²) in [7, 11) is 0. The lowest BCUT2D eigenvalue weighted by Crippen LogP contribution is -2.63. The molecule has 2 saturated heterocycles. The van der Waals surface area contributed by atoms with E-state index in [1.165, 1.54) is 13.8 Å². The second-order valence-corrected chi connectivity index (χ2v) is 19.2. The fourth-order valence-corrected chi connectivity index (χ4v) is 8.75. The second-order valence-electron chi connectivity index (χ2n) is 17.6. The Kier molecular flexibility index (Phi) is 20.4. The van der Waals surface area contributed by atoms with Crippen molar-refractivity contribution < 1.29 is 63.0 Å². The van der Waals surface area contributed by atoms with Crippen LogP contribution in [-0.2, 0) is 59.2 Å². The summed E-state index contributed by atoms with van der Waals surface area (Å²) >= 11 is 5.28. The lowest BCUT2D eigenvalue weighted by molar-refractivity contribution is -0.138. The van der Waals surface area contributed by atoms with Gasteiger partial charge in [0.25, 0.3) is 0 Å². The summed E-state index contributed by atoms with van der Waals surface area (Å²) in [4.78, 5) is 151. The first-order chi connectivity index (χ1) is 32.5. The average Bonchev–Trinajstić information content (AvgIpc) is 3.68. The van der Waals surface area contributed by atoms with Gasteiger partial charge in [0.2, 0.25) is 53.2 Å². The number of fused-ring (bicyclic) bond motifs is 1. The van der Waals surface area contributed by atoms with Gasteiger partial charge in [0, 0.05) is 60.0 Å². The first kappa shape index (κ1) is 55.4. The zero-order valence-corrected chi connectivity index (χ0v) is 40.6. The van der Waals surface area contributed by atoms with E-state index in [-0.39, 0.29) is 36.7 Å². The number of aliphatic carboxylic acids is 1. The number of ketones is 1. The van der Waals surface area contributed by atoms with Crippen molar-refractivity contribution >= 4 is 100 Å². The van der Waals surface area contributed by atoms with E-state index in [9.17, 15) is 63.0 Å². The first-order valence-electron chi connectivity index (χ1n) is 22.4. The summed E-state index contributed by atoms with van der Waals surface area (Å²) < 4.78 is 0. The first-order valence-corrected chi connectivity index (χ1v) is 24.1. The molecule has 0 unspecified atom stereocenters. The third-order valence-electron chi connectivity index (χ3n) is 11.5. The number of carbonyl (C=O) groups excluding carboxylic acids is 10. The molecule has 69 heavy (non-hydrogen) atoms. The number of nitrogens with one attached hydrogen (secondary N) is 10. The van der Waals surface area contributed by atoms with Crippen molar-refractivity contribution in [2.75, 3.05) is 23.8 Å². The van der Waals surface area contributed by atoms with Crippen LogP contribution < -0.4 is 47.9 Å². The number of para-hydroxylation sites is 1. The van der Waals surface area contributed by atoms with E-state index in [0.717, 1.165) is 29.6 Å². The molecule has 2 aliphatic rings. The van der Waals surface area contributed by atoms with Crippen molar-refractivity contribution in [3.8, 4) is 0 Å². The molecule has 4 rings (SSSR count). The average molecular weight is 1000 g/mol. The lowest BCUT2D eigenvalue weighted by Gasteiger charge is -2.33. The zero-order valence-electron chi connectivity index (χ0n) is 38.9. The minimum atomic E-state index is -1.77. The number of aliphatic hydroxyl groups excluding tert-OH is 1. The molecular weight excluding hydrogens is 941 g/mol. The van der Waals surface area contributed by atoms with E-state index in [0.29, 0.717) is 5.56 Å². The number of hydrogen-bond acceptors (Lipinski definition) is 14. The molecule has 0 spiro atoms. The monoisotopic (exact) mass is 1000 g/mol. The Bertz CT molecular complexity index is 2270. The molecular formula is C44H62N10O13S2. The largest absolute Gasteiger partial charge is 0.481 e. The number of aliphatic hydroxyl groups is 1.